The van der Waals surface area contributed by atoms with Gasteiger partial charge in [-0.05, 0) is 19.4 Å². The van der Waals surface area contributed by atoms with Crippen LogP contribution in [0.4, 0.5) is 0 Å². The van der Waals surface area contributed by atoms with Crippen LogP contribution in [0.3, 0.4) is 0 Å². The van der Waals surface area contributed by atoms with Crippen LogP contribution in [0, 0.1) is 6.92 Å². The van der Waals surface area contributed by atoms with E-state index in [0.717, 1.165) is 5.56 Å². The Kier molecular flexibility index (Phi) is 2.78. The minimum atomic E-state index is -1.10. The number of aldehydes is 1. The summed E-state index contributed by atoms with van der Waals surface area (Å²) < 4.78 is 0. The molecule has 0 saturated heterocycles. The molecule has 1 unspecified atom stereocenters. The summed E-state index contributed by atoms with van der Waals surface area (Å²) >= 11 is 0. The van der Waals surface area contributed by atoms with E-state index in [1.54, 1.807) is 19.3 Å². The molecule has 3 nitrogen and oxygen atoms in total. The predicted octanol–water partition coefficient (Wildman–Crippen LogP) is 1.19. The molecule has 1 aromatic rings. The lowest BCUT2D eigenvalue weighted by Gasteiger charge is -2.20. The van der Waals surface area contributed by atoms with Gasteiger partial charge in [0.15, 0.2) is 0 Å². The van der Waals surface area contributed by atoms with Crippen LogP contribution < -0.4 is 0 Å². The van der Waals surface area contributed by atoms with Crippen molar-refractivity contribution in [2.75, 3.05) is 0 Å². The molecule has 1 rings (SSSR count). The molecule has 0 aromatic carbocycles. The largest absolute Gasteiger partial charge is 0.385 e. The standard InChI is InChI=1S/C10H13NO2/c1-8-5-9(7-11-6-8)10(2,13)3-4-12/h4-7,13H,3H2,1-2H3. The first-order valence-electron chi connectivity index (χ1n) is 4.14. The molecular formula is C10H13NO2. The Morgan fingerprint density at radius 1 is 1.62 bits per heavy atom. The second kappa shape index (κ2) is 3.66. The fraction of sp³-hybridized carbons (Fsp3) is 0.400. The lowest BCUT2D eigenvalue weighted by atomic mass is 9.94. The molecule has 70 valence electrons. The normalized spacial score (nSPS) is 15.0. The summed E-state index contributed by atoms with van der Waals surface area (Å²) in [5.41, 5.74) is 0.559. The number of pyridine rings is 1. The zero-order valence-electron chi connectivity index (χ0n) is 7.82. The summed E-state index contributed by atoms with van der Waals surface area (Å²) in [5, 5.41) is 9.84. The third-order valence-corrected chi connectivity index (χ3v) is 1.98. The van der Waals surface area contributed by atoms with Crippen molar-refractivity contribution < 1.29 is 9.90 Å². The molecule has 0 spiro atoms. The molecule has 1 atom stereocenters. The van der Waals surface area contributed by atoms with Crippen molar-refractivity contribution in [2.24, 2.45) is 0 Å². The molecule has 3 heteroatoms. The molecule has 1 N–H and O–H groups in total. The number of aliphatic hydroxyl groups is 1. The lowest BCUT2D eigenvalue weighted by Crippen LogP contribution is -2.21. The van der Waals surface area contributed by atoms with Crippen LogP contribution in [0.1, 0.15) is 24.5 Å². The number of aromatic nitrogens is 1. The third-order valence-electron chi connectivity index (χ3n) is 1.98. The second-order valence-electron chi connectivity index (χ2n) is 3.40. The van der Waals surface area contributed by atoms with Crippen molar-refractivity contribution in [3.05, 3.63) is 29.6 Å². The summed E-state index contributed by atoms with van der Waals surface area (Å²) in [4.78, 5) is 14.3. The number of carbonyl (C=O) groups is 1. The van der Waals surface area contributed by atoms with Crippen LogP contribution >= 0.6 is 0 Å². The molecule has 1 aromatic heterocycles. The maximum absolute atomic E-state index is 10.3. The van der Waals surface area contributed by atoms with Gasteiger partial charge in [-0.15, -0.1) is 0 Å². The molecule has 1 heterocycles. The Balaban J connectivity index is 2.99. The molecule has 13 heavy (non-hydrogen) atoms. The molecular weight excluding hydrogens is 166 g/mol. The van der Waals surface area contributed by atoms with Crippen LogP contribution in [0.5, 0.6) is 0 Å². The average Bonchev–Trinajstić information content (AvgIpc) is 2.04. The minimum absolute atomic E-state index is 0.0954. The van der Waals surface area contributed by atoms with Crippen molar-refractivity contribution in [1.29, 1.82) is 0 Å². The van der Waals surface area contributed by atoms with Gasteiger partial charge in [-0.2, -0.15) is 0 Å². The first kappa shape index (κ1) is 9.86. The van der Waals surface area contributed by atoms with Crippen molar-refractivity contribution in [3.63, 3.8) is 0 Å². The van der Waals surface area contributed by atoms with Crippen molar-refractivity contribution in [2.45, 2.75) is 25.9 Å². The predicted molar refractivity (Wildman–Crippen MR) is 49.2 cm³/mol. The Bertz CT molecular complexity index is 308. The Morgan fingerprint density at radius 2 is 2.31 bits per heavy atom. The molecule has 0 aliphatic rings. The summed E-state index contributed by atoms with van der Waals surface area (Å²) in [7, 11) is 0. The average molecular weight is 179 g/mol. The highest BCUT2D eigenvalue weighted by Gasteiger charge is 2.22. The third kappa shape index (κ3) is 2.36. The molecule has 0 radical (unpaired) electrons. The second-order valence-corrected chi connectivity index (χ2v) is 3.40. The molecule has 0 aliphatic carbocycles. The van der Waals surface area contributed by atoms with E-state index in [1.165, 1.54) is 0 Å². The van der Waals surface area contributed by atoms with Crippen LogP contribution in [-0.4, -0.2) is 16.4 Å². The van der Waals surface area contributed by atoms with Gasteiger partial charge in [-0.3, -0.25) is 4.98 Å². The zero-order chi connectivity index (χ0) is 9.90. The van der Waals surface area contributed by atoms with E-state index in [4.69, 9.17) is 0 Å². The fourth-order valence-corrected chi connectivity index (χ4v) is 1.13. The molecule has 0 bridgehead atoms. The first-order valence-corrected chi connectivity index (χ1v) is 4.14. The van der Waals surface area contributed by atoms with Crippen molar-refractivity contribution >= 4 is 6.29 Å². The summed E-state index contributed by atoms with van der Waals surface area (Å²) in [5.74, 6) is 0. The van der Waals surface area contributed by atoms with Gasteiger partial charge in [0.25, 0.3) is 0 Å². The highest BCUT2D eigenvalue weighted by molar-refractivity contribution is 5.52. The van der Waals surface area contributed by atoms with Gasteiger partial charge in [0.2, 0.25) is 0 Å². The van der Waals surface area contributed by atoms with Crippen molar-refractivity contribution in [1.82, 2.24) is 4.98 Å². The van der Waals surface area contributed by atoms with Gasteiger partial charge in [-0.1, -0.05) is 6.07 Å². The number of aryl methyl sites for hydroxylation is 1. The molecule has 0 fully saturated rings. The maximum Gasteiger partial charge on any atom is 0.123 e. The van der Waals surface area contributed by atoms with Crippen molar-refractivity contribution in [3.8, 4) is 0 Å². The topological polar surface area (TPSA) is 50.2 Å². The van der Waals surface area contributed by atoms with Crippen LogP contribution in [0.25, 0.3) is 0 Å². The van der Waals surface area contributed by atoms with Gasteiger partial charge in [-0.25, -0.2) is 0 Å². The van der Waals surface area contributed by atoms with Gasteiger partial charge >= 0.3 is 0 Å². The summed E-state index contributed by atoms with van der Waals surface area (Å²) in [6.45, 7) is 3.51. The highest BCUT2D eigenvalue weighted by Crippen LogP contribution is 2.22. The Labute approximate surface area is 77.4 Å². The SMILES string of the molecule is Cc1cncc(C(C)(O)CC=O)c1. The number of rotatable bonds is 3. The fourth-order valence-electron chi connectivity index (χ4n) is 1.13. The van der Waals surface area contributed by atoms with Crippen LogP contribution in [-0.2, 0) is 10.4 Å². The highest BCUT2D eigenvalue weighted by atomic mass is 16.3. The van der Waals surface area contributed by atoms with Gasteiger partial charge in [0.1, 0.15) is 6.29 Å². The smallest absolute Gasteiger partial charge is 0.123 e. The molecule has 0 aliphatic heterocycles. The summed E-state index contributed by atoms with van der Waals surface area (Å²) in [6, 6.07) is 1.83. The first-order chi connectivity index (χ1) is 6.06. The van der Waals surface area contributed by atoms with Gasteiger partial charge < -0.3 is 9.90 Å². The molecule has 0 saturated carbocycles. The monoisotopic (exact) mass is 179 g/mol. The number of hydrogen-bond acceptors (Lipinski definition) is 3. The van der Waals surface area contributed by atoms with E-state index in [-0.39, 0.29) is 6.42 Å². The minimum Gasteiger partial charge on any atom is -0.385 e. The van der Waals surface area contributed by atoms with E-state index in [0.29, 0.717) is 11.8 Å². The van der Waals surface area contributed by atoms with Gasteiger partial charge in [0, 0.05) is 24.4 Å². The van der Waals surface area contributed by atoms with Gasteiger partial charge in [0.05, 0.1) is 5.60 Å². The van der Waals surface area contributed by atoms with E-state index in [2.05, 4.69) is 4.98 Å². The van der Waals surface area contributed by atoms with Crippen LogP contribution in [0.2, 0.25) is 0 Å². The van der Waals surface area contributed by atoms with Crippen LogP contribution in [0.15, 0.2) is 18.5 Å². The summed E-state index contributed by atoms with van der Waals surface area (Å²) in [6.07, 6.45) is 4.09. The number of carbonyl (C=O) groups excluding carboxylic acids is 1. The van der Waals surface area contributed by atoms with E-state index in [9.17, 15) is 9.90 Å². The molecule has 0 amide bonds. The van der Waals surface area contributed by atoms with E-state index >= 15 is 0 Å². The van der Waals surface area contributed by atoms with E-state index in [1.807, 2.05) is 13.0 Å². The quantitative estimate of drug-likeness (QED) is 0.709. The van der Waals surface area contributed by atoms with E-state index < -0.39 is 5.60 Å². The Hall–Kier alpha value is -1.22. The zero-order valence-corrected chi connectivity index (χ0v) is 7.82. The number of hydrogen-bond donors (Lipinski definition) is 1. The maximum atomic E-state index is 10.3. The Morgan fingerprint density at radius 3 is 2.85 bits per heavy atom. The number of nitrogens with zero attached hydrogens (tertiary/aromatic N) is 1. The lowest BCUT2D eigenvalue weighted by molar-refractivity contribution is -0.112.